The molecule has 1 heterocycles. The SMILES string of the molecule is CCC(=O)c1c(-c2ccccc2)c2cc(Cl)ccc2c(=O)n1Cc1cccc(CC(N)=O)c1. The van der Waals surface area contributed by atoms with Crippen LogP contribution < -0.4 is 11.3 Å². The van der Waals surface area contributed by atoms with Gasteiger partial charge in [0.05, 0.1) is 18.7 Å². The molecule has 5 nitrogen and oxygen atoms in total. The van der Waals surface area contributed by atoms with Crippen LogP contribution in [0.3, 0.4) is 0 Å². The molecule has 0 fully saturated rings. The molecular formula is C27H23ClN2O3. The summed E-state index contributed by atoms with van der Waals surface area (Å²) in [6.45, 7) is 1.96. The molecule has 2 N–H and O–H groups in total. The van der Waals surface area contributed by atoms with Gasteiger partial charge < -0.3 is 5.73 Å². The summed E-state index contributed by atoms with van der Waals surface area (Å²) in [6, 6.07) is 22.0. The van der Waals surface area contributed by atoms with Crippen molar-refractivity contribution in [1.82, 2.24) is 4.57 Å². The van der Waals surface area contributed by atoms with Crippen LogP contribution in [0.5, 0.6) is 0 Å². The molecule has 6 heteroatoms. The van der Waals surface area contributed by atoms with Crippen molar-refractivity contribution in [3.63, 3.8) is 0 Å². The van der Waals surface area contributed by atoms with Gasteiger partial charge in [0.2, 0.25) is 5.91 Å². The second-order valence-electron chi connectivity index (χ2n) is 7.91. The summed E-state index contributed by atoms with van der Waals surface area (Å²) in [5.74, 6) is -0.568. The Morgan fingerprint density at radius 3 is 2.33 bits per heavy atom. The summed E-state index contributed by atoms with van der Waals surface area (Å²) in [7, 11) is 0. The Morgan fingerprint density at radius 1 is 0.909 bits per heavy atom. The van der Waals surface area contributed by atoms with Gasteiger partial charge in [-0.05, 0) is 40.3 Å². The normalized spacial score (nSPS) is 11.0. The summed E-state index contributed by atoms with van der Waals surface area (Å²) in [5, 5.41) is 1.62. The van der Waals surface area contributed by atoms with Gasteiger partial charge in [-0.15, -0.1) is 0 Å². The molecule has 4 rings (SSSR count). The highest BCUT2D eigenvalue weighted by Crippen LogP contribution is 2.33. The first-order chi connectivity index (χ1) is 15.9. The predicted molar refractivity (Wildman–Crippen MR) is 132 cm³/mol. The molecule has 0 aliphatic rings. The van der Waals surface area contributed by atoms with Crippen molar-refractivity contribution in [3.8, 4) is 11.1 Å². The van der Waals surface area contributed by atoms with E-state index < -0.39 is 5.91 Å². The van der Waals surface area contributed by atoms with Crippen molar-refractivity contribution in [2.75, 3.05) is 0 Å². The molecule has 0 unspecified atom stereocenters. The number of hydrogen-bond donors (Lipinski definition) is 1. The van der Waals surface area contributed by atoms with Gasteiger partial charge >= 0.3 is 0 Å². The van der Waals surface area contributed by atoms with Crippen LogP contribution in [0.1, 0.15) is 35.0 Å². The third-order valence-corrected chi connectivity index (χ3v) is 5.83. The lowest BCUT2D eigenvalue weighted by atomic mass is 9.94. The highest BCUT2D eigenvalue weighted by Gasteiger charge is 2.23. The quantitative estimate of drug-likeness (QED) is 0.396. The van der Waals surface area contributed by atoms with Crippen LogP contribution in [-0.4, -0.2) is 16.3 Å². The molecule has 0 saturated heterocycles. The summed E-state index contributed by atoms with van der Waals surface area (Å²) < 4.78 is 1.54. The number of amides is 1. The van der Waals surface area contributed by atoms with Gasteiger partial charge in [-0.3, -0.25) is 19.0 Å². The van der Waals surface area contributed by atoms with Crippen LogP contribution >= 0.6 is 11.6 Å². The zero-order valence-electron chi connectivity index (χ0n) is 18.2. The average Bonchev–Trinajstić information content (AvgIpc) is 2.80. The smallest absolute Gasteiger partial charge is 0.259 e. The highest BCUT2D eigenvalue weighted by molar-refractivity contribution is 6.31. The number of rotatable bonds is 7. The largest absolute Gasteiger partial charge is 0.369 e. The topological polar surface area (TPSA) is 82.2 Å². The molecule has 0 radical (unpaired) electrons. The molecule has 0 bridgehead atoms. The summed E-state index contributed by atoms with van der Waals surface area (Å²) >= 11 is 6.29. The van der Waals surface area contributed by atoms with Gasteiger partial charge in [0.25, 0.3) is 5.56 Å². The second-order valence-corrected chi connectivity index (χ2v) is 8.35. The maximum atomic E-state index is 13.6. The molecule has 0 spiro atoms. The Hall–Kier alpha value is -3.70. The van der Waals surface area contributed by atoms with E-state index in [4.69, 9.17) is 17.3 Å². The third kappa shape index (κ3) is 4.59. The van der Waals surface area contributed by atoms with Crippen LogP contribution in [-0.2, 0) is 17.8 Å². The maximum Gasteiger partial charge on any atom is 0.259 e. The van der Waals surface area contributed by atoms with E-state index in [1.807, 2.05) is 54.6 Å². The van der Waals surface area contributed by atoms with E-state index in [9.17, 15) is 14.4 Å². The molecule has 0 aliphatic heterocycles. The minimum atomic E-state index is -0.430. The van der Waals surface area contributed by atoms with E-state index >= 15 is 0 Å². The van der Waals surface area contributed by atoms with E-state index in [-0.39, 0.29) is 30.7 Å². The number of hydrogen-bond acceptors (Lipinski definition) is 3. The van der Waals surface area contributed by atoms with Crippen LogP contribution in [0.15, 0.2) is 77.6 Å². The fraction of sp³-hybridized carbons (Fsp3) is 0.148. The van der Waals surface area contributed by atoms with Gasteiger partial charge in [0.1, 0.15) is 0 Å². The molecule has 1 aromatic heterocycles. The lowest BCUT2D eigenvalue weighted by Gasteiger charge is -2.20. The van der Waals surface area contributed by atoms with Crippen LogP contribution in [0.2, 0.25) is 5.02 Å². The zero-order valence-corrected chi connectivity index (χ0v) is 18.9. The number of nitrogens with zero attached hydrogens (tertiary/aromatic N) is 1. The second kappa shape index (κ2) is 9.43. The molecule has 33 heavy (non-hydrogen) atoms. The molecule has 0 atom stereocenters. The first kappa shape index (κ1) is 22.5. The predicted octanol–water partition coefficient (Wildman–Crippen LogP) is 4.99. The van der Waals surface area contributed by atoms with Crippen molar-refractivity contribution in [2.24, 2.45) is 5.73 Å². The number of carbonyl (C=O) groups excluding carboxylic acids is 2. The number of ketones is 1. The zero-order chi connectivity index (χ0) is 23.5. The van der Waals surface area contributed by atoms with Gasteiger partial charge in [-0.2, -0.15) is 0 Å². The molecule has 0 saturated carbocycles. The van der Waals surface area contributed by atoms with Crippen LogP contribution in [0, 0.1) is 0 Å². The van der Waals surface area contributed by atoms with Gasteiger partial charge in [-0.1, -0.05) is 73.1 Å². The first-order valence-corrected chi connectivity index (χ1v) is 11.1. The number of carbonyl (C=O) groups is 2. The Morgan fingerprint density at radius 2 is 1.64 bits per heavy atom. The van der Waals surface area contributed by atoms with Gasteiger partial charge in [0, 0.05) is 22.4 Å². The Labute approximate surface area is 196 Å². The number of primary amides is 1. The van der Waals surface area contributed by atoms with Crippen molar-refractivity contribution < 1.29 is 9.59 Å². The van der Waals surface area contributed by atoms with Crippen LogP contribution in [0.25, 0.3) is 21.9 Å². The standard InChI is InChI=1S/C27H23ClN2O3/c1-2-23(31)26-25(19-9-4-3-5-10-19)22-15-20(28)11-12-21(22)27(33)30(26)16-18-8-6-7-17(13-18)14-24(29)32/h3-13,15H,2,14,16H2,1H3,(H2,29,32). The summed E-state index contributed by atoms with van der Waals surface area (Å²) in [6.07, 6.45) is 0.349. The van der Waals surface area contributed by atoms with Gasteiger partial charge in [-0.25, -0.2) is 0 Å². The summed E-state index contributed by atoms with van der Waals surface area (Å²) in [4.78, 5) is 38.2. The molecule has 0 aliphatic carbocycles. The van der Waals surface area contributed by atoms with E-state index in [2.05, 4.69) is 0 Å². The van der Waals surface area contributed by atoms with E-state index in [0.29, 0.717) is 27.1 Å². The first-order valence-electron chi connectivity index (χ1n) is 10.7. The lowest BCUT2D eigenvalue weighted by Crippen LogP contribution is -2.28. The van der Waals surface area contributed by atoms with Crippen molar-refractivity contribution >= 4 is 34.1 Å². The minimum absolute atomic E-state index is 0.106. The average molecular weight is 459 g/mol. The number of pyridine rings is 1. The maximum absolute atomic E-state index is 13.6. The monoisotopic (exact) mass is 458 g/mol. The van der Waals surface area contributed by atoms with E-state index in [1.165, 1.54) is 4.57 Å². The number of fused-ring (bicyclic) bond motifs is 1. The molecule has 166 valence electrons. The Balaban J connectivity index is 2.03. The van der Waals surface area contributed by atoms with Crippen molar-refractivity contribution in [3.05, 3.63) is 105 Å². The number of halogens is 1. The summed E-state index contributed by atoms with van der Waals surface area (Å²) in [5.41, 5.74) is 8.50. The third-order valence-electron chi connectivity index (χ3n) is 5.59. The van der Waals surface area contributed by atoms with Crippen molar-refractivity contribution in [2.45, 2.75) is 26.3 Å². The van der Waals surface area contributed by atoms with Crippen LogP contribution in [0.4, 0.5) is 0 Å². The molecular weight excluding hydrogens is 436 g/mol. The minimum Gasteiger partial charge on any atom is -0.369 e. The molecule has 1 amide bonds. The number of Topliss-reactive ketones (excluding diaryl/α,β-unsaturated/α-hetero) is 1. The Bertz CT molecular complexity index is 1430. The van der Waals surface area contributed by atoms with Crippen molar-refractivity contribution in [1.29, 1.82) is 0 Å². The highest BCUT2D eigenvalue weighted by atomic mass is 35.5. The van der Waals surface area contributed by atoms with Gasteiger partial charge in [0.15, 0.2) is 5.78 Å². The Kier molecular flexibility index (Phi) is 6.43. The molecule has 4 aromatic rings. The molecule has 3 aromatic carbocycles. The number of nitrogens with two attached hydrogens (primary N) is 1. The van der Waals surface area contributed by atoms with E-state index in [1.54, 1.807) is 25.1 Å². The number of benzene rings is 3. The number of aromatic nitrogens is 1. The van der Waals surface area contributed by atoms with E-state index in [0.717, 1.165) is 16.7 Å². The fourth-order valence-corrected chi connectivity index (χ4v) is 4.32. The fourth-order valence-electron chi connectivity index (χ4n) is 4.15. The lowest BCUT2D eigenvalue weighted by molar-refractivity contribution is -0.117.